The third kappa shape index (κ3) is 5.79. The molecular weight excluding hydrogens is 560 g/mol. The van der Waals surface area contributed by atoms with Crippen LogP contribution in [0.5, 0.6) is 0 Å². The van der Waals surface area contributed by atoms with Crippen molar-refractivity contribution in [3.8, 4) is 11.1 Å². The molecule has 11 nitrogen and oxygen atoms in total. The van der Waals surface area contributed by atoms with Gasteiger partial charge in [0, 0.05) is 29.8 Å². The predicted octanol–water partition coefficient (Wildman–Crippen LogP) is 4.41. The van der Waals surface area contributed by atoms with Crippen molar-refractivity contribution in [1.82, 2.24) is 9.72 Å². The third-order valence-corrected chi connectivity index (χ3v) is 7.86. The van der Waals surface area contributed by atoms with Crippen molar-refractivity contribution in [2.24, 2.45) is 7.05 Å². The summed E-state index contributed by atoms with van der Waals surface area (Å²) in [5, 5.41) is 7.20. The molecule has 0 spiro atoms. The van der Waals surface area contributed by atoms with Crippen LogP contribution in [0.1, 0.15) is 21.8 Å². The van der Waals surface area contributed by atoms with Gasteiger partial charge in [0.15, 0.2) is 12.4 Å². The number of esters is 1. The van der Waals surface area contributed by atoms with E-state index in [1.54, 1.807) is 31.2 Å². The Hall–Kier alpha value is -5.23. The predicted molar refractivity (Wildman–Crippen MR) is 157 cm³/mol. The van der Waals surface area contributed by atoms with Gasteiger partial charge in [0.2, 0.25) is 0 Å². The molecule has 2 N–H and O–H groups in total. The molecule has 42 heavy (non-hydrogen) atoms. The van der Waals surface area contributed by atoms with Crippen LogP contribution in [0.15, 0.2) is 93.1 Å². The molecule has 0 aliphatic rings. The van der Waals surface area contributed by atoms with Gasteiger partial charge in [0.1, 0.15) is 11.5 Å². The van der Waals surface area contributed by atoms with Crippen LogP contribution in [0.2, 0.25) is 0 Å². The molecule has 3 aromatic carbocycles. The lowest BCUT2D eigenvalue weighted by atomic mass is 9.96. The molecular formula is C30H26N4O7S. The molecule has 0 aliphatic heterocycles. The summed E-state index contributed by atoms with van der Waals surface area (Å²) in [4.78, 5) is 39.0. The number of pyridine rings is 1. The Morgan fingerprint density at radius 1 is 0.952 bits per heavy atom. The average molecular weight is 587 g/mol. The average Bonchev–Trinajstić information content (AvgIpc) is 3.38. The van der Waals surface area contributed by atoms with Crippen LogP contribution in [-0.4, -0.2) is 36.6 Å². The number of benzene rings is 3. The monoisotopic (exact) mass is 586 g/mol. The smallest absolute Gasteiger partial charge is 0.356 e. The lowest BCUT2D eigenvalue weighted by Crippen LogP contribution is -2.28. The SMILES string of the molecule is Cc1ccc(-c2c(C(=O)OCC(=O)Nc3ccc(S(=O)(=O)Nc4cc(C)on4)cc3)n(C)c(=O)c3ccccc23)cc1. The highest BCUT2D eigenvalue weighted by molar-refractivity contribution is 7.92. The molecule has 5 aromatic rings. The van der Waals surface area contributed by atoms with Gasteiger partial charge >= 0.3 is 5.97 Å². The summed E-state index contributed by atoms with van der Waals surface area (Å²) in [6, 6.07) is 21.3. The zero-order valence-electron chi connectivity index (χ0n) is 22.9. The number of fused-ring (bicyclic) bond motifs is 1. The van der Waals surface area contributed by atoms with Crippen LogP contribution >= 0.6 is 0 Å². The van der Waals surface area contributed by atoms with E-state index in [2.05, 4.69) is 15.2 Å². The summed E-state index contributed by atoms with van der Waals surface area (Å²) in [5.41, 5.74) is 2.18. The number of anilines is 2. The number of hydrogen-bond donors (Lipinski definition) is 2. The molecule has 0 atom stereocenters. The minimum Gasteiger partial charge on any atom is -0.451 e. The lowest BCUT2D eigenvalue weighted by molar-refractivity contribution is -0.119. The van der Waals surface area contributed by atoms with Crippen molar-refractivity contribution in [3.05, 3.63) is 106 Å². The Bertz CT molecular complexity index is 1980. The van der Waals surface area contributed by atoms with Crippen molar-refractivity contribution in [2.75, 3.05) is 16.6 Å². The number of aryl methyl sites for hydroxylation is 2. The van der Waals surface area contributed by atoms with Crippen molar-refractivity contribution in [3.63, 3.8) is 0 Å². The standard InChI is InChI=1S/C30H26N4O7S/c1-18-8-10-20(11-9-18)27-23-6-4-5-7-24(23)29(36)34(3)28(27)30(37)40-17-26(35)31-21-12-14-22(15-13-21)42(38,39)33-25-16-19(2)41-32-25/h4-16H,17H2,1-3H3,(H,31,35)(H,32,33). The number of hydrogen-bond acceptors (Lipinski definition) is 8. The van der Waals surface area contributed by atoms with Crippen molar-refractivity contribution in [2.45, 2.75) is 18.7 Å². The van der Waals surface area contributed by atoms with Gasteiger partial charge in [0.25, 0.3) is 21.5 Å². The Kier molecular flexibility index (Phi) is 7.64. The molecule has 5 rings (SSSR count). The van der Waals surface area contributed by atoms with Gasteiger partial charge in [-0.25, -0.2) is 13.2 Å². The Morgan fingerprint density at radius 2 is 1.62 bits per heavy atom. The summed E-state index contributed by atoms with van der Waals surface area (Å²) in [6.45, 7) is 2.94. The molecule has 12 heteroatoms. The number of rotatable bonds is 8. The first-order valence-corrected chi connectivity index (χ1v) is 14.2. The van der Waals surface area contributed by atoms with Crippen LogP contribution in [0.4, 0.5) is 11.5 Å². The topological polar surface area (TPSA) is 150 Å². The number of nitrogens with one attached hydrogen (secondary N) is 2. The van der Waals surface area contributed by atoms with Crippen LogP contribution < -0.4 is 15.6 Å². The van der Waals surface area contributed by atoms with Crippen molar-refractivity contribution in [1.29, 1.82) is 0 Å². The van der Waals surface area contributed by atoms with Gasteiger partial charge in [-0.05, 0) is 55.1 Å². The van der Waals surface area contributed by atoms with Crippen LogP contribution in [0.25, 0.3) is 21.9 Å². The molecule has 0 bridgehead atoms. The molecule has 0 fully saturated rings. The second kappa shape index (κ2) is 11.3. The molecule has 0 unspecified atom stereocenters. The zero-order chi connectivity index (χ0) is 30.0. The second-order valence-corrected chi connectivity index (χ2v) is 11.3. The number of nitrogens with zero attached hydrogens (tertiary/aromatic N) is 2. The summed E-state index contributed by atoms with van der Waals surface area (Å²) >= 11 is 0. The second-order valence-electron chi connectivity index (χ2n) is 9.58. The normalized spacial score (nSPS) is 11.3. The quantitative estimate of drug-likeness (QED) is 0.254. The van der Waals surface area contributed by atoms with Gasteiger partial charge < -0.3 is 19.1 Å². The fourth-order valence-electron chi connectivity index (χ4n) is 4.44. The Balaban J connectivity index is 1.32. The first-order chi connectivity index (χ1) is 20.0. The molecule has 0 saturated carbocycles. The Morgan fingerprint density at radius 3 is 2.26 bits per heavy atom. The molecule has 214 valence electrons. The Labute approximate surface area is 240 Å². The lowest BCUT2D eigenvalue weighted by Gasteiger charge is -2.17. The number of ether oxygens (including phenoxy) is 1. The first kappa shape index (κ1) is 28.3. The number of amides is 1. The highest BCUT2D eigenvalue weighted by Crippen LogP contribution is 2.31. The van der Waals surface area contributed by atoms with E-state index in [0.29, 0.717) is 27.7 Å². The summed E-state index contributed by atoms with van der Waals surface area (Å²) in [5.74, 6) is -1.01. The first-order valence-electron chi connectivity index (χ1n) is 12.8. The minimum absolute atomic E-state index is 0.0136. The number of carbonyl (C=O) groups excluding carboxylic acids is 2. The van der Waals surface area contributed by atoms with E-state index in [9.17, 15) is 22.8 Å². The summed E-state index contributed by atoms with van der Waals surface area (Å²) in [7, 11) is -2.45. The molecule has 0 aliphatic carbocycles. The fourth-order valence-corrected chi connectivity index (χ4v) is 5.43. The summed E-state index contributed by atoms with van der Waals surface area (Å²) < 4.78 is 38.9. The maximum absolute atomic E-state index is 13.3. The molecule has 0 radical (unpaired) electrons. The molecule has 2 heterocycles. The van der Waals surface area contributed by atoms with Crippen molar-refractivity contribution < 1.29 is 27.3 Å². The van der Waals surface area contributed by atoms with E-state index in [0.717, 1.165) is 5.56 Å². The van der Waals surface area contributed by atoms with E-state index in [4.69, 9.17) is 9.26 Å². The number of sulfonamides is 1. The van der Waals surface area contributed by atoms with E-state index < -0.39 is 28.5 Å². The number of aromatic nitrogens is 2. The van der Waals surface area contributed by atoms with Crippen molar-refractivity contribution >= 4 is 44.2 Å². The molecule has 2 aromatic heterocycles. The van der Waals surface area contributed by atoms with E-state index in [1.807, 2.05) is 31.2 Å². The summed E-state index contributed by atoms with van der Waals surface area (Å²) in [6.07, 6.45) is 0. The van der Waals surface area contributed by atoms with Crippen LogP contribution in [-0.2, 0) is 26.6 Å². The molecule has 1 amide bonds. The van der Waals surface area contributed by atoms with Gasteiger partial charge in [-0.1, -0.05) is 53.2 Å². The van der Waals surface area contributed by atoms with Gasteiger partial charge in [0.05, 0.1) is 4.90 Å². The minimum atomic E-state index is -3.93. The highest BCUT2D eigenvalue weighted by Gasteiger charge is 2.24. The van der Waals surface area contributed by atoms with Crippen LogP contribution in [0.3, 0.4) is 0 Å². The third-order valence-electron chi connectivity index (χ3n) is 6.49. The zero-order valence-corrected chi connectivity index (χ0v) is 23.7. The van der Waals surface area contributed by atoms with Crippen LogP contribution in [0, 0.1) is 13.8 Å². The largest absolute Gasteiger partial charge is 0.451 e. The van der Waals surface area contributed by atoms with Gasteiger partial charge in [-0.15, -0.1) is 0 Å². The maximum atomic E-state index is 13.3. The van der Waals surface area contributed by atoms with E-state index in [1.165, 1.54) is 41.9 Å². The van der Waals surface area contributed by atoms with E-state index >= 15 is 0 Å². The highest BCUT2D eigenvalue weighted by atomic mass is 32.2. The van der Waals surface area contributed by atoms with Gasteiger partial charge in [-0.2, -0.15) is 0 Å². The fraction of sp³-hybridized carbons (Fsp3) is 0.133. The van der Waals surface area contributed by atoms with Gasteiger partial charge in [-0.3, -0.25) is 14.3 Å². The number of carbonyl (C=O) groups is 2. The van der Waals surface area contributed by atoms with E-state index in [-0.39, 0.29) is 27.7 Å². The maximum Gasteiger partial charge on any atom is 0.356 e. The molecule has 0 saturated heterocycles.